The standard InChI is InChI=1S/C31H31BrN4O5/c32-25-11-12-27(41-18-20-7-5-14-33-34-20)28-24(25)13-15-36(30(38)22-9-3-4-10-23(22)31(39)40)26(28)17-35-16-19-6-1-2-8-21(19)29(35)37/h1-2,5-8,11-12,14,22-23,26H,3-4,9-10,13,15-18H2,(H,39,40)/t22-,23+,26-/m1/s1. The van der Waals surface area contributed by atoms with Crippen molar-refractivity contribution < 1.29 is 24.2 Å². The van der Waals surface area contributed by atoms with Gasteiger partial charge in [-0.05, 0) is 60.7 Å². The summed E-state index contributed by atoms with van der Waals surface area (Å²) >= 11 is 3.71. The second kappa shape index (κ2) is 11.6. The Balaban J connectivity index is 1.38. The monoisotopic (exact) mass is 618 g/mol. The molecule has 0 unspecified atom stereocenters. The van der Waals surface area contributed by atoms with Gasteiger partial charge in [-0.2, -0.15) is 10.2 Å². The molecule has 6 rings (SSSR count). The summed E-state index contributed by atoms with van der Waals surface area (Å²) in [6.07, 6.45) is 4.87. The number of hydrogen-bond acceptors (Lipinski definition) is 6. The van der Waals surface area contributed by atoms with Gasteiger partial charge in [0.2, 0.25) is 5.91 Å². The number of nitrogens with zero attached hydrogens (tertiary/aromatic N) is 4. The quantitative estimate of drug-likeness (QED) is 0.405. The Morgan fingerprint density at radius 2 is 1.85 bits per heavy atom. The van der Waals surface area contributed by atoms with E-state index >= 15 is 0 Å². The van der Waals surface area contributed by atoms with Crippen LogP contribution >= 0.6 is 15.9 Å². The number of ether oxygens (including phenoxy) is 1. The normalized spacial score (nSPS) is 21.8. The van der Waals surface area contributed by atoms with Gasteiger partial charge in [0.05, 0.1) is 17.9 Å². The molecule has 0 bridgehead atoms. The van der Waals surface area contributed by atoms with Crippen LogP contribution in [0.25, 0.3) is 0 Å². The summed E-state index contributed by atoms with van der Waals surface area (Å²) in [7, 11) is 0. The molecule has 0 radical (unpaired) electrons. The highest BCUT2D eigenvalue weighted by Gasteiger charge is 2.44. The zero-order chi connectivity index (χ0) is 28.5. The highest BCUT2D eigenvalue weighted by atomic mass is 79.9. The minimum Gasteiger partial charge on any atom is -0.487 e. The fourth-order valence-corrected chi connectivity index (χ4v) is 7.07. The van der Waals surface area contributed by atoms with Crippen molar-refractivity contribution in [1.82, 2.24) is 20.0 Å². The number of carboxylic acid groups (broad SMARTS) is 1. The molecule has 0 saturated heterocycles. The molecule has 3 atom stereocenters. The fraction of sp³-hybridized carbons (Fsp3) is 0.387. The Hall–Kier alpha value is -3.79. The van der Waals surface area contributed by atoms with Gasteiger partial charge in [-0.25, -0.2) is 0 Å². The Kier molecular flexibility index (Phi) is 7.75. The molecule has 9 nitrogen and oxygen atoms in total. The summed E-state index contributed by atoms with van der Waals surface area (Å²) in [5.41, 5.74) is 4.17. The number of carboxylic acids is 1. The van der Waals surface area contributed by atoms with Crippen molar-refractivity contribution in [3.8, 4) is 5.75 Å². The van der Waals surface area contributed by atoms with Crippen LogP contribution < -0.4 is 4.74 Å². The van der Waals surface area contributed by atoms with Crippen molar-refractivity contribution in [2.45, 2.75) is 51.3 Å². The topological polar surface area (TPSA) is 113 Å². The predicted molar refractivity (Wildman–Crippen MR) is 153 cm³/mol. The van der Waals surface area contributed by atoms with Gasteiger partial charge in [0.15, 0.2) is 0 Å². The number of benzene rings is 2. The molecule has 2 aromatic carbocycles. The molecule has 1 aromatic heterocycles. The SMILES string of the molecule is O=C(O)[C@H]1CCCC[C@H]1C(=O)N1CCc2c(Br)ccc(OCc3cccnn3)c2[C@H]1CN1Cc2ccccc2C1=O. The molecule has 3 aromatic rings. The minimum absolute atomic E-state index is 0.0711. The third-order valence-electron chi connectivity index (χ3n) is 8.55. The number of halogens is 1. The summed E-state index contributed by atoms with van der Waals surface area (Å²) in [5.74, 6) is -1.83. The molecule has 2 aliphatic heterocycles. The van der Waals surface area contributed by atoms with Crippen molar-refractivity contribution in [3.05, 3.63) is 87.1 Å². The van der Waals surface area contributed by atoms with Gasteiger partial charge in [-0.3, -0.25) is 14.4 Å². The van der Waals surface area contributed by atoms with E-state index in [4.69, 9.17) is 4.74 Å². The van der Waals surface area contributed by atoms with E-state index in [0.717, 1.165) is 34.0 Å². The predicted octanol–water partition coefficient (Wildman–Crippen LogP) is 4.79. The Labute approximate surface area is 246 Å². The maximum Gasteiger partial charge on any atom is 0.307 e. The summed E-state index contributed by atoms with van der Waals surface area (Å²) in [5, 5.41) is 18.0. The summed E-state index contributed by atoms with van der Waals surface area (Å²) in [6, 6.07) is 14.5. The molecule has 3 heterocycles. The van der Waals surface area contributed by atoms with Crippen LogP contribution in [0.15, 0.2) is 59.2 Å². The van der Waals surface area contributed by atoms with E-state index < -0.39 is 23.8 Å². The molecule has 0 spiro atoms. The van der Waals surface area contributed by atoms with E-state index in [1.54, 1.807) is 17.2 Å². The molecule has 1 N–H and O–H groups in total. The average molecular weight is 620 g/mol. The van der Waals surface area contributed by atoms with Gasteiger partial charge in [-0.15, -0.1) is 0 Å². The molecule has 212 valence electrons. The van der Waals surface area contributed by atoms with E-state index in [1.165, 1.54) is 0 Å². The highest BCUT2D eigenvalue weighted by molar-refractivity contribution is 9.10. The van der Waals surface area contributed by atoms with Gasteiger partial charge in [-0.1, -0.05) is 47.0 Å². The second-order valence-electron chi connectivity index (χ2n) is 10.9. The van der Waals surface area contributed by atoms with Crippen molar-refractivity contribution in [3.63, 3.8) is 0 Å². The number of rotatable bonds is 7. The summed E-state index contributed by atoms with van der Waals surface area (Å²) in [6.45, 7) is 1.35. The lowest BCUT2D eigenvalue weighted by atomic mass is 9.77. The van der Waals surface area contributed by atoms with Crippen LogP contribution in [-0.2, 0) is 29.2 Å². The molecular weight excluding hydrogens is 588 g/mol. The summed E-state index contributed by atoms with van der Waals surface area (Å²) < 4.78 is 7.21. The molecule has 1 saturated carbocycles. The van der Waals surface area contributed by atoms with E-state index in [-0.39, 0.29) is 25.0 Å². The number of aliphatic carboxylic acids is 1. The number of carbonyl (C=O) groups is 3. The van der Waals surface area contributed by atoms with Crippen LogP contribution in [-0.4, -0.2) is 56.0 Å². The third kappa shape index (κ3) is 5.32. The van der Waals surface area contributed by atoms with Crippen LogP contribution in [0.3, 0.4) is 0 Å². The number of amides is 2. The lowest BCUT2D eigenvalue weighted by Crippen LogP contribution is -2.50. The number of aromatic nitrogens is 2. The Morgan fingerprint density at radius 3 is 2.61 bits per heavy atom. The van der Waals surface area contributed by atoms with Crippen molar-refractivity contribution in [2.75, 3.05) is 13.1 Å². The van der Waals surface area contributed by atoms with Gasteiger partial charge in [0.1, 0.15) is 18.1 Å². The van der Waals surface area contributed by atoms with Crippen molar-refractivity contribution in [2.24, 2.45) is 11.8 Å². The zero-order valence-corrected chi connectivity index (χ0v) is 24.1. The maximum atomic E-state index is 14.2. The first kappa shape index (κ1) is 27.4. The molecule has 2 amide bonds. The largest absolute Gasteiger partial charge is 0.487 e. The number of fused-ring (bicyclic) bond motifs is 2. The molecular formula is C31H31BrN4O5. The second-order valence-corrected chi connectivity index (χ2v) is 11.8. The van der Waals surface area contributed by atoms with Crippen LogP contribution in [0.5, 0.6) is 5.75 Å². The van der Waals surface area contributed by atoms with Crippen molar-refractivity contribution in [1.29, 1.82) is 0 Å². The number of hydrogen-bond donors (Lipinski definition) is 1. The Bertz CT molecular complexity index is 1480. The van der Waals surface area contributed by atoms with Gasteiger partial charge in [0, 0.05) is 41.4 Å². The smallest absolute Gasteiger partial charge is 0.307 e. The minimum atomic E-state index is -0.919. The summed E-state index contributed by atoms with van der Waals surface area (Å²) in [4.78, 5) is 43.4. The highest BCUT2D eigenvalue weighted by Crippen LogP contribution is 2.43. The first-order valence-corrected chi connectivity index (χ1v) is 14.8. The molecule has 1 fully saturated rings. The lowest BCUT2D eigenvalue weighted by molar-refractivity contribution is -0.153. The van der Waals surface area contributed by atoms with Crippen molar-refractivity contribution >= 4 is 33.7 Å². The van der Waals surface area contributed by atoms with Gasteiger partial charge < -0.3 is 19.6 Å². The molecule has 3 aliphatic rings. The maximum absolute atomic E-state index is 14.2. The molecule has 1 aliphatic carbocycles. The lowest BCUT2D eigenvalue weighted by Gasteiger charge is -2.43. The average Bonchev–Trinajstić information content (AvgIpc) is 3.32. The first-order chi connectivity index (χ1) is 19.9. The third-order valence-corrected chi connectivity index (χ3v) is 9.29. The zero-order valence-electron chi connectivity index (χ0n) is 22.5. The fourth-order valence-electron chi connectivity index (χ4n) is 6.53. The van der Waals surface area contributed by atoms with Gasteiger partial charge >= 0.3 is 5.97 Å². The number of carbonyl (C=O) groups excluding carboxylic acids is 2. The van der Waals surface area contributed by atoms with Crippen LogP contribution in [0.4, 0.5) is 0 Å². The van der Waals surface area contributed by atoms with E-state index in [1.807, 2.05) is 47.4 Å². The van der Waals surface area contributed by atoms with E-state index in [0.29, 0.717) is 49.4 Å². The van der Waals surface area contributed by atoms with E-state index in [9.17, 15) is 19.5 Å². The Morgan fingerprint density at radius 1 is 1.05 bits per heavy atom. The van der Waals surface area contributed by atoms with Crippen LogP contribution in [0.2, 0.25) is 0 Å². The molecule has 10 heteroatoms. The van der Waals surface area contributed by atoms with Crippen LogP contribution in [0.1, 0.15) is 64.5 Å². The van der Waals surface area contributed by atoms with Crippen LogP contribution in [0, 0.1) is 11.8 Å². The van der Waals surface area contributed by atoms with E-state index in [2.05, 4.69) is 26.1 Å². The van der Waals surface area contributed by atoms with Gasteiger partial charge in [0.25, 0.3) is 5.91 Å². The molecule has 41 heavy (non-hydrogen) atoms. The first-order valence-electron chi connectivity index (χ1n) is 14.0.